The van der Waals surface area contributed by atoms with Crippen molar-refractivity contribution < 1.29 is 14.7 Å². The van der Waals surface area contributed by atoms with Crippen LogP contribution in [-0.2, 0) is 9.59 Å². The quantitative estimate of drug-likeness (QED) is 0.390. The van der Waals surface area contributed by atoms with E-state index in [9.17, 15) is 9.59 Å². The molecule has 3 N–H and O–H groups in total. The Morgan fingerprint density at radius 2 is 1.93 bits per heavy atom. The Morgan fingerprint density at radius 3 is 2.43 bits per heavy atom. The van der Waals surface area contributed by atoms with Crippen molar-refractivity contribution in [2.75, 3.05) is 6.54 Å². The summed E-state index contributed by atoms with van der Waals surface area (Å²) in [5.41, 5.74) is 0. The number of aliphatic hydroxyl groups excluding tert-OH is 1. The van der Waals surface area contributed by atoms with Crippen molar-refractivity contribution in [3.8, 4) is 0 Å². The zero-order chi connectivity index (χ0) is 10.6. The van der Waals surface area contributed by atoms with Gasteiger partial charge in [0.15, 0.2) is 0 Å². The van der Waals surface area contributed by atoms with Gasteiger partial charge >= 0.3 is 11.8 Å². The summed E-state index contributed by atoms with van der Waals surface area (Å²) in [6.07, 6.45) is 1.02. The van der Waals surface area contributed by atoms with E-state index < -0.39 is 11.8 Å². The fourth-order valence-corrected chi connectivity index (χ4v) is 1.02. The Morgan fingerprint density at radius 1 is 1.36 bits per heavy atom. The van der Waals surface area contributed by atoms with Crippen LogP contribution in [0.2, 0.25) is 0 Å². The van der Waals surface area contributed by atoms with Gasteiger partial charge in [-0.25, -0.2) is 0 Å². The monoisotopic (exact) mass is 199 g/mol. The summed E-state index contributed by atoms with van der Waals surface area (Å²) in [5.74, 6) is -1.16. The lowest BCUT2D eigenvalue weighted by atomic mass is 10.2. The smallest absolute Gasteiger partial charge is 0.316 e. The van der Waals surface area contributed by atoms with Crippen molar-refractivity contribution in [2.24, 2.45) is 4.99 Å². The van der Waals surface area contributed by atoms with Gasteiger partial charge in [-0.2, -0.15) is 0 Å². The Balaban J connectivity index is 2.26. The number of amides is 2. The van der Waals surface area contributed by atoms with Crippen LogP contribution in [0.1, 0.15) is 19.8 Å². The second kappa shape index (κ2) is 4.71. The third-order valence-corrected chi connectivity index (χ3v) is 1.72. The molecule has 1 aliphatic rings. The zero-order valence-electron chi connectivity index (χ0n) is 7.91. The third kappa shape index (κ3) is 3.14. The number of nitrogens with one attached hydrogen (secondary N) is 2. The van der Waals surface area contributed by atoms with Gasteiger partial charge in [0.1, 0.15) is 0 Å². The predicted molar refractivity (Wildman–Crippen MR) is 49.5 cm³/mol. The highest BCUT2D eigenvalue weighted by atomic mass is 16.3. The first-order chi connectivity index (χ1) is 6.59. The molecule has 1 aliphatic heterocycles. The van der Waals surface area contributed by atoms with E-state index in [1.165, 1.54) is 0 Å². The molecule has 0 spiro atoms. The fourth-order valence-electron chi connectivity index (χ4n) is 1.02. The van der Waals surface area contributed by atoms with Crippen LogP contribution in [0.4, 0.5) is 0 Å². The number of aliphatic hydroxyl groups is 1. The lowest BCUT2D eigenvalue weighted by molar-refractivity contribution is -0.135. The summed E-state index contributed by atoms with van der Waals surface area (Å²) < 4.78 is 0. The largest absolute Gasteiger partial charge is 0.393 e. The molecule has 1 unspecified atom stereocenters. The number of carbonyl (C=O) groups excluding carboxylic acids is 2. The summed E-state index contributed by atoms with van der Waals surface area (Å²) in [6.45, 7) is 2.17. The Kier molecular flexibility index (Phi) is 3.58. The molecule has 1 rings (SSSR count). The third-order valence-electron chi connectivity index (χ3n) is 1.72. The van der Waals surface area contributed by atoms with E-state index in [0.717, 1.165) is 0 Å². The molecular formula is C8H13N3O3. The standard InChI is InChI=1S/C8H13N3O3/c1-5(12)3-2-4-9-8-10-6(13)7(14)11-8/h5,12H,2-4H2,1H3,(H2,9,10,11,13,14). The van der Waals surface area contributed by atoms with Crippen molar-refractivity contribution in [1.82, 2.24) is 10.6 Å². The Labute approximate surface area is 81.4 Å². The maximum Gasteiger partial charge on any atom is 0.316 e. The van der Waals surface area contributed by atoms with E-state index in [-0.39, 0.29) is 12.1 Å². The zero-order valence-corrected chi connectivity index (χ0v) is 7.91. The van der Waals surface area contributed by atoms with Gasteiger partial charge < -0.3 is 5.11 Å². The second-order valence-electron chi connectivity index (χ2n) is 3.13. The van der Waals surface area contributed by atoms with Gasteiger partial charge in [-0.05, 0) is 19.8 Å². The maximum atomic E-state index is 10.7. The summed E-state index contributed by atoms with van der Waals surface area (Å²) >= 11 is 0. The lowest BCUT2D eigenvalue weighted by Crippen LogP contribution is -2.25. The molecule has 0 aliphatic carbocycles. The molecule has 6 heteroatoms. The molecule has 78 valence electrons. The van der Waals surface area contributed by atoms with E-state index in [2.05, 4.69) is 15.6 Å². The molecule has 6 nitrogen and oxygen atoms in total. The molecule has 14 heavy (non-hydrogen) atoms. The number of hydrogen-bond donors (Lipinski definition) is 3. The predicted octanol–water partition coefficient (Wildman–Crippen LogP) is -1.25. The first kappa shape index (κ1) is 10.6. The minimum Gasteiger partial charge on any atom is -0.393 e. The van der Waals surface area contributed by atoms with Crippen LogP contribution >= 0.6 is 0 Å². The molecule has 1 fully saturated rings. The van der Waals surface area contributed by atoms with E-state index in [0.29, 0.717) is 19.4 Å². The van der Waals surface area contributed by atoms with Crippen LogP contribution in [-0.4, -0.2) is 35.5 Å². The molecule has 2 amide bonds. The highest BCUT2D eigenvalue weighted by molar-refractivity contribution is 6.45. The van der Waals surface area contributed by atoms with Gasteiger partial charge in [0, 0.05) is 6.54 Å². The number of aliphatic imine (C=N–C) groups is 1. The normalized spacial score (nSPS) is 17.7. The van der Waals surface area contributed by atoms with Crippen molar-refractivity contribution >= 4 is 17.8 Å². The first-order valence-electron chi connectivity index (χ1n) is 4.44. The van der Waals surface area contributed by atoms with Gasteiger partial charge in [0.25, 0.3) is 0 Å². The van der Waals surface area contributed by atoms with E-state index in [4.69, 9.17) is 5.11 Å². The average Bonchev–Trinajstić information content (AvgIpc) is 2.40. The number of rotatable bonds is 4. The summed E-state index contributed by atoms with van der Waals surface area (Å²) in [6, 6.07) is 0. The SMILES string of the molecule is CC(O)CCCN=C1NC(=O)C(=O)N1. The summed E-state index contributed by atoms with van der Waals surface area (Å²) in [7, 11) is 0. The van der Waals surface area contributed by atoms with Crippen LogP contribution in [0, 0.1) is 0 Å². The topological polar surface area (TPSA) is 90.8 Å². The molecule has 0 aromatic carbocycles. The number of nitrogens with zero attached hydrogens (tertiary/aromatic N) is 1. The van der Waals surface area contributed by atoms with Crippen molar-refractivity contribution in [1.29, 1.82) is 0 Å². The molecule has 1 atom stereocenters. The van der Waals surface area contributed by atoms with Crippen LogP contribution < -0.4 is 10.6 Å². The van der Waals surface area contributed by atoms with Crippen molar-refractivity contribution in [2.45, 2.75) is 25.9 Å². The van der Waals surface area contributed by atoms with Gasteiger partial charge in [-0.3, -0.25) is 25.2 Å². The van der Waals surface area contributed by atoms with E-state index in [1.54, 1.807) is 6.92 Å². The number of guanidine groups is 1. The summed E-state index contributed by atoms with van der Waals surface area (Å²) in [5, 5.41) is 13.5. The highest BCUT2D eigenvalue weighted by Gasteiger charge is 2.24. The summed E-state index contributed by atoms with van der Waals surface area (Å²) in [4.78, 5) is 25.3. The Hall–Kier alpha value is -1.43. The lowest BCUT2D eigenvalue weighted by Gasteiger charge is -2.01. The van der Waals surface area contributed by atoms with Crippen molar-refractivity contribution in [3.63, 3.8) is 0 Å². The molecule has 0 bridgehead atoms. The van der Waals surface area contributed by atoms with Gasteiger partial charge in [-0.1, -0.05) is 0 Å². The van der Waals surface area contributed by atoms with E-state index >= 15 is 0 Å². The second-order valence-corrected chi connectivity index (χ2v) is 3.13. The average molecular weight is 199 g/mol. The first-order valence-corrected chi connectivity index (χ1v) is 4.44. The maximum absolute atomic E-state index is 10.7. The molecule has 0 aromatic rings. The van der Waals surface area contributed by atoms with Gasteiger partial charge in [0.05, 0.1) is 6.10 Å². The minimum atomic E-state index is -0.681. The Bertz CT molecular complexity index is 255. The minimum absolute atomic E-state index is 0.200. The van der Waals surface area contributed by atoms with Crippen LogP contribution in [0.15, 0.2) is 4.99 Å². The van der Waals surface area contributed by atoms with E-state index in [1.807, 2.05) is 0 Å². The molecule has 1 heterocycles. The van der Waals surface area contributed by atoms with Crippen molar-refractivity contribution in [3.05, 3.63) is 0 Å². The molecule has 0 radical (unpaired) electrons. The van der Waals surface area contributed by atoms with Gasteiger partial charge in [0.2, 0.25) is 5.96 Å². The molecule has 0 aromatic heterocycles. The highest BCUT2D eigenvalue weighted by Crippen LogP contribution is 1.95. The van der Waals surface area contributed by atoms with Crippen LogP contribution in [0.25, 0.3) is 0 Å². The van der Waals surface area contributed by atoms with Crippen LogP contribution in [0.3, 0.4) is 0 Å². The fraction of sp³-hybridized carbons (Fsp3) is 0.625. The van der Waals surface area contributed by atoms with Gasteiger partial charge in [-0.15, -0.1) is 0 Å². The number of carbonyl (C=O) groups is 2. The molecule has 0 saturated carbocycles. The molecular weight excluding hydrogens is 186 g/mol. The van der Waals surface area contributed by atoms with Crippen LogP contribution in [0.5, 0.6) is 0 Å². The molecule has 1 saturated heterocycles. The number of hydrogen-bond acceptors (Lipinski definition) is 4.